The van der Waals surface area contributed by atoms with Crippen molar-refractivity contribution in [2.45, 2.75) is 39.0 Å². The summed E-state index contributed by atoms with van der Waals surface area (Å²) < 4.78 is 0. The number of hydrogen-bond acceptors (Lipinski definition) is 3. The normalized spacial score (nSPS) is 24.5. The number of aryl methyl sites for hydroxylation is 1. The largest absolute Gasteiger partial charge is 0.337 e. The zero-order chi connectivity index (χ0) is 15.8. The molecule has 5 heteroatoms. The maximum atomic E-state index is 12.8. The van der Waals surface area contributed by atoms with E-state index in [-0.39, 0.29) is 5.91 Å². The average Bonchev–Trinajstić information content (AvgIpc) is 3.22. The number of thiophene rings is 1. The van der Waals surface area contributed by atoms with Gasteiger partial charge in [-0.25, -0.2) is 0 Å². The molecule has 2 aliphatic rings. The lowest BCUT2D eigenvalue weighted by molar-refractivity contribution is 0.0515. The molecule has 3 heterocycles. The first-order valence-electron chi connectivity index (χ1n) is 8.62. The first-order chi connectivity index (χ1) is 11.2. The Morgan fingerprint density at radius 3 is 2.87 bits per heavy atom. The van der Waals surface area contributed by atoms with E-state index in [9.17, 15) is 4.79 Å². The number of fused-ring (bicyclic) bond motifs is 1. The fourth-order valence-electron chi connectivity index (χ4n) is 4.08. The van der Waals surface area contributed by atoms with Crippen LogP contribution in [0.2, 0.25) is 0 Å². The van der Waals surface area contributed by atoms with Crippen molar-refractivity contribution in [3.8, 4) is 10.6 Å². The highest BCUT2D eigenvalue weighted by molar-refractivity contribution is 7.15. The van der Waals surface area contributed by atoms with Gasteiger partial charge in [0.2, 0.25) is 0 Å². The van der Waals surface area contributed by atoms with E-state index in [1.165, 1.54) is 30.6 Å². The van der Waals surface area contributed by atoms with Gasteiger partial charge in [-0.05, 0) is 49.8 Å². The molecule has 4 rings (SSSR count). The zero-order valence-electron chi connectivity index (χ0n) is 13.5. The molecule has 23 heavy (non-hydrogen) atoms. The molecule has 0 bridgehead atoms. The summed E-state index contributed by atoms with van der Waals surface area (Å²) in [6.45, 7) is 3.90. The molecular weight excluding hydrogens is 306 g/mol. The number of nitrogens with zero attached hydrogens (tertiary/aromatic N) is 2. The molecule has 2 aromatic rings. The van der Waals surface area contributed by atoms with Crippen LogP contribution in [0.25, 0.3) is 10.6 Å². The maximum Gasteiger partial charge on any atom is 0.274 e. The van der Waals surface area contributed by atoms with Crippen LogP contribution in [-0.4, -0.2) is 34.1 Å². The van der Waals surface area contributed by atoms with Crippen molar-refractivity contribution < 1.29 is 4.79 Å². The lowest BCUT2D eigenvalue weighted by Gasteiger charge is -2.41. The predicted octanol–water partition coefficient (Wildman–Crippen LogP) is 4.10. The van der Waals surface area contributed by atoms with Crippen LogP contribution in [0.15, 0.2) is 18.2 Å². The van der Waals surface area contributed by atoms with Crippen LogP contribution in [0.5, 0.6) is 0 Å². The molecule has 0 aromatic carbocycles. The number of nitrogens with one attached hydrogen (secondary N) is 1. The van der Waals surface area contributed by atoms with Gasteiger partial charge in [0.15, 0.2) is 5.69 Å². The minimum Gasteiger partial charge on any atom is -0.337 e. The van der Waals surface area contributed by atoms with Gasteiger partial charge in [0.05, 0.1) is 10.6 Å². The summed E-state index contributed by atoms with van der Waals surface area (Å²) in [4.78, 5) is 17.2. The van der Waals surface area contributed by atoms with Crippen molar-refractivity contribution in [1.82, 2.24) is 15.1 Å². The Bertz CT molecular complexity index is 705. The van der Waals surface area contributed by atoms with E-state index in [1.54, 1.807) is 11.3 Å². The first-order valence-corrected chi connectivity index (χ1v) is 9.44. The third-order valence-electron chi connectivity index (χ3n) is 5.38. The minimum atomic E-state index is 0.0878. The summed E-state index contributed by atoms with van der Waals surface area (Å²) in [5, 5.41) is 7.30. The topological polar surface area (TPSA) is 49.0 Å². The van der Waals surface area contributed by atoms with Gasteiger partial charge in [0.25, 0.3) is 5.91 Å². The molecule has 0 radical (unpaired) electrons. The van der Waals surface area contributed by atoms with Crippen LogP contribution in [0.3, 0.4) is 0 Å². The molecule has 2 atom stereocenters. The molecule has 1 amide bonds. The predicted molar refractivity (Wildman–Crippen MR) is 92.6 cm³/mol. The second-order valence-electron chi connectivity index (χ2n) is 6.92. The fraction of sp³-hybridized carbons (Fsp3) is 0.556. The summed E-state index contributed by atoms with van der Waals surface area (Å²) in [5.41, 5.74) is 1.50. The molecule has 2 aromatic heterocycles. The number of H-pyrrole nitrogens is 1. The Morgan fingerprint density at radius 2 is 2.09 bits per heavy atom. The van der Waals surface area contributed by atoms with Crippen LogP contribution >= 0.6 is 11.3 Å². The monoisotopic (exact) mass is 329 g/mol. The van der Waals surface area contributed by atoms with Gasteiger partial charge in [0, 0.05) is 18.0 Å². The van der Waals surface area contributed by atoms with Crippen LogP contribution in [0, 0.1) is 18.8 Å². The van der Waals surface area contributed by atoms with Gasteiger partial charge in [-0.2, -0.15) is 5.10 Å². The number of rotatable bonds is 2. The Balaban J connectivity index is 1.48. The number of likely N-dealkylation sites (tertiary alicyclic amines) is 1. The van der Waals surface area contributed by atoms with Gasteiger partial charge < -0.3 is 4.90 Å². The highest BCUT2D eigenvalue weighted by atomic mass is 32.1. The van der Waals surface area contributed by atoms with E-state index < -0.39 is 0 Å². The van der Waals surface area contributed by atoms with Crippen molar-refractivity contribution in [2.24, 2.45) is 11.8 Å². The second kappa shape index (κ2) is 6.11. The van der Waals surface area contributed by atoms with Crippen LogP contribution < -0.4 is 0 Å². The molecule has 0 spiro atoms. The molecule has 4 nitrogen and oxygen atoms in total. The Kier molecular flexibility index (Phi) is 3.97. The lowest BCUT2D eigenvalue weighted by Crippen LogP contribution is -2.44. The summed E-state index contributed by atoms with van der Waals surface area (Å²) in [6, 6.07) is 6.08. The van der Waals surface area contributed by atoms with E-state index in [4.69, 9.17) is 0 Å². The molecule has 1 N–H and O–H groups in total. The van der Waals surface area contributed by atoms with Crippen LogP contribution in [0.1, 0.15) is 47.5 Å². The SMILES string of the molecule is Cc1ccc(-c2cc(C(=O)N3CC[C@H]4CCCC[C@H]4C3)n[nH]2)s1. The molecule has 1 aliphatic heterocycles. The summed E-state index contributed by atoms with van der Waals surface area (Å²) in [6.07, 6.45) is 6.51. The van der Waals surface area contributed by atoms with E-state index in [0.29, 0.717) is 11.6 Å². The smallest absolute Gasteiger partial charge is 0.274 e. The standard InChI is InChI=1S/C18H23N3OS/c1-12-6-7-17(23-12)15-10-16(20-19-15)18(22)21-9-8-13-4-2-3-5-14(13)11-21/h6-7,10,13-14H,2-5,8-9,11H2,1H3,(H,19,20)/t13-,14+/m1/s1. The number of aromatic nitrogens is 2. The number of carbonyl (C=O) groups excluding carboxylic acids is 1. The minimum absolute atomic E-state index is 0.0878. The Morgan fingerprint density at radius 1 is 1.26 bits per heavy atom. The third kappa shape index (κ3) is 2.94. The number of carbonyl (C=O) groups is 1. The maximum absolute atomic E-state index is 12.8. The Hall–Kier alpha value is -1.62. The summed E-state index contributed by atoms with van der Waals surface area (Å²) in [7, 11) is 0. The van der Waals surface area contributed by atoms with Gasteiger partial charge >= 0.3 is 0 Å². The van der Waals surface area contributed by atoms with E-state index in [0.717, 1.165) is 36.0 Å². The summed E-state index contributed by atoms with van der Waals surface area (Å²) in [5.74, 6) is 1.64. The van der Waals surface area contributed by atoms with Gasteiger partial charge in [0.1, 0.15) is 0 Å². The molecular formula is C18H23N3OS. The highest BCUT2D eigenvalue weighted by Gasteiger charge is 2.33. The third-order valence-corrected chi connectivity index (χ3v) is 6.42. The van der Waals surface area contributed by atoms with E-state index in [2.05, 4.69) is 29.3 Å². The molecule has 1 saturated carbocycles. The van der Waals surface area contributed by atoms with Crippen molar-refractivity contribution in [3.05, 3.63) is 28.8 Å². The van der Waals surface area contributed by atoms with Crippen molar-refractivity contribution in [3.63, 3.8) is 0 Å². The van der Waals surface area contributed by atoms with E-state index >= 15 is 0 Å². The molecule has 1 aliphatic carbocycles. The number of piperidine rings is 1. The highest BCUT2D eigenvalue weighted by Crippen LogP contribution is 2.36. The van der Waals surface area contributed by atoms with Crippen molar-refractivity contribution >= 4 is 17.2 Å². The zero-order valence-corrected chi connectivity index (χ0v) is 14.4. The first kappa shape index (κ1) is 14.9. The quantitative estimate of drug-likeness (QED) is 0.902. The number of amides is 1. The molecule has 122 valence electrons. The molecule has 2 fully saturated rings. The number of aromatic amines is 1. The van der Waals surface area contributed by atoms with Gasteiger partial charge in [-0.15, -0.1) is 11.3 Å². The van der Waals surface area contributed by atoms with Crippen molar-refractivity contribution in [2.75, 3.05) is 13.1 Å². The second-order valence-corrected chi connectivity index (χ2v) is 8.21. The Labute approximate surface area is 140 Å². The van der Waals surface area contributed by atoms with Crippen molar-refractivity contribution in [1.29, 1.82) is 0 Å². The summed E-state index contributed by atoms with van der Waals surface area (Å²) >= 11 is 1.72. The fourth-order valence-corrected chi connectivity index (χ4v) is 4.92. The van der Waals surface area contributed by atoms with Crippen LogP contribution in [-0.2, 0) is 0 Å². The molecule has 0 unspecified atom stereocenters. The lowest BCUT2D eigenvalue weighted by atomic mass is 9.75. The van der Waals surface area contributed by atoms with Gasteiger partial charge in [-0.3, -0.25) is 9.89 Å². The number of hydrogen-bond donors (Lipinski definition) is 1. The molecule has 1 saturated heterocycles. The van der Waals surface area contributed by atoms with E-state index in [1.807, 2.05) is 11.0 Å². The average molecular weight is 329 g/mol. The van der Waals surface area contributed by atoms with Gasteiger partial charge in [-0.1, -0.05) is 19.3 Å². The van der Waals surface area contributed by atoms with Crippen LogP contribution in [0.4, 0.5) is 0 Å².